The van der Waals surface area contributed by atoms with Gasteiger partial charge in [-0.25, -0.2) is 0 Å². The summed E-state index contributed by atoms with van der Waals surface area (Å²) in [5.41, 5.74) is 3.11. The van der Waals surface area contributed by atoms with E-state index in [1.54, 1.807) is 43.5 Å². The molecule has 0 saturated heterocycles. The van der Waals surface area contributed by atoms with Crippen molar-refractivity contribution < 1.29 is 14.3 Å². The van der Waals surface area contributed by atoms with E-state index in [-0.39, 0.29) is 18.2 Å². The van der Waals surface area contributed by atoms with E-state index in [9.17, 15) is 9.59 Å². The molecule has 0 radical (unpaired) electrons. The monoisotopic (exact) mass is 516 g/mol. The highest BCUT2D eigenvalue weighted by Gasteiger charge is 2.22. The molecule has 1 unspecified atom stereocenters. The minimum Gasteiger partial charge on any atom is -0.497 e. The fourth-order valence-electron chi connectivity index (χ4n) is 3.56. The molecule has 2 N–H and O–H groups in total. The van der Waals surface area contributed by atoms with E-state index in [0.717, 1.165) is 21.8 Å². The molecule has 4 aromatic carbocycles. The van der Waals surface area contributed by atoms with Crippen LogP contribution in [0.15, 0.2) is 108 Å². The SMILES string of the molecule is COc1ccc(NC(=O)C(Sc2cccc(NC(=O)Cc3ccc(Cl)cc3)c2)c2ccccc2)cc1. The van der Waals surface area contributed by atoms with Crippen LogP contribution >= 0.6 is 23.4 Å². The molecule has 0 heterocycles. The van der Waals surface area contributed by atoms with Gasteiger partial charge in [-0.1, -0.05) is 60.1 Å². The second kappa shape index (κ2) is 12.3. The average Bonchev–Trinajstić information content (AvgIpc) is 2.89. The summed E-state index contributed by atoms with van der Waals surface area (Å²) < 4.78 is 5.19. The molecule has 5 nitrogen and oxygen atoms in total. The fourth-order valence-corrected chi connectivity index (χ4v) is 4.77. The number of carbonyl (C=O) groups is 2. The first-order chi connectivity index (χ1) is 17.5. The number of halogens is 1. The van der Waals surface area contributed by atoms with Crippen molar-refractivity contribution in [2.24, 2.45) is 0 Å². The van der Waals surface area contributed by atoms with E-state index < -0.39 is 5.25 Å². The summed E-state index contributed by atoms with van der Waals surface area (Å²) in [6.07, 6.45) is 0.242. The van der Waals surface area contributed by atoms with Crippen LogP contribution in [0.2, 0.25) is 5.02 Å². The first-order valence-corrected chi connectivity index (χ1v) is 12.6. The van der Waals surface area contributed by atoms with Crippen LogP contribution in [0.3, 0.4) is 0 Å². The Kier molecular flexibility index (Phi) is 8.66. The van der Waals surface area contributed by atoms with Gasteiger partial charge in [0.2, 0.25) is 11.8 Å². The number of ether oxygens (including phenoxy) is 1. The Hall–Kier alpha value is -3.74. The summed E-state index contributed by atoms with van der Waals surface area (Å²) in [6.45, 7) is 0. The lowest BCUT2D eigenvalue weighted by Crippen LogP contribution is -2.19. The van der Waals surface area contributed by atoms with Gasteiger partial charge in [0, 0.05) is 21.3 Å². The van der Waals surface area contributed by atoms with Crippen molar-refractivity contribution >= 4 is 46.6 Å². The molecule has 4 rings (SSSR count). The molecular weight excluding hydrogens is 492 g/mol. The Balaban J connectivity index is 1.47. The van der Waals surface area contributed by atoms with Crippen LogP contribution in [0.4, 0.5) is 11.4 Å². The third kappa shape index (κ3) is 7.13. The van der Waals surface area contributed by atoms with Gasteiger partial charge in [0.1, 0.15) is 11.0 Å². The summed E-state index contributed by atoms with van der Waals surface area (Å²) in [5, 5.41) is 6.08. The van der Waals surface area contributed by atoms with Crippen LogP contribution in [-0.2, 0) is 16.0 Å². The quantitative estimate of drug-likeness (QED) is 0.235. The zero-order chi connectivity index (χ0) is 25.3. The third-order valence-electron chi connectivity index (χ3n) is 5.35. The number of carbonyl (C=O) groups excluding carboxylic acids is 2. The van der Waals surface area contributed by atoms with Crippen LogP contribution in [-0.4, -0.2) is 18.9 Å². The highest BCUT2D eigenvalue weighted by molar-refractivity contribution is 8.00. The van der Waals surface area contributed by atoms with E-state index >= 15 is 0 Å². The van der Waals surface area contributed by atoms with E-state index in [1.807, 2.05) is 66.7 Å². The first-order valence-electron chi connectivity index (χ1n) is 11.3. The number of amides is 2. The molecule has 36 heavy (non-hydrogen) atoms. The summed E-state index contributed by atoms with van der Waals surface area (Å²) in [7, 11) is 1.60. The van der Waals surface area contributed by atoms with Crippen molar-refractivity contribution in [3.63, 3.8) is 0 Å². The van der Waals surface area contributed by atoms with Crippen LogP contribution in [0.1, 0.15) is 16.4 Å². The Morgan fingerprint density at radius 1 is 0.833 bits per heavy atom. The number of rotatable bonds is 9. The fraction of sp³-hybridized carbons (Fsp3) is 0.103. The Morgan fingerprint density at radius 3 is 2.25 bits per heavy atom. The number of methoxy groups -OCH3 is 1. The Bertz CT molecular complexity index is 1310. The summed E-state index contributed by atoms with van der Waals surface area (Å²) in [5.74, 6) is 0.446. The molecule has 0 saturated carbocycles. The molecule has 4 aromatic rings. The number of benzene rings is 4. The molecule has 7 heteroatoms. The van der Waals surface area contributed by atoms with Crippen molar-refractivity contribution in [1.82, 2.24) is 0 Å². The standard InChI is InChI=1S/C29H25ClN2O3S/c1-35-25-16-14-23(15-17-25)32-29(34)28(21-6-3-2-4-7-21)36-26-9-5-8-24(19-26)31-27(33)18-20-10-12-22(30)13-11-20/h2-17,19,28H,18H2,1H3,(H,31,33)(H,32,34). The maximum absolute atomic E-state index is 13.3. The normalized spacial score (nSPS) is 11.4. The predicted molar refractivity (Wildman–Crippen MR) is 147 cm³/mol. The van der Waals surface area contributed by atoms with Crippen molar-refractivity contribution in [1.29, 1.82) is 0 Å². The topological polar surface area (TPSA) is 67.4 Å². The molecule has 0 bridgehead atoms. The van der Waals surface area contributed by atoms with E-state index in [4.69, 9.17) is 16.3 Å². The van der Waals surface area contributed by atoms with Crippen LogP contribution < -0.4 is 15.4 Å². The van der Waals surface area contributed by atoms with Crippen molar-refractivity contribution in [3.8, 4) is 5.75 Å². The Morgan fingerprint density at radius 2 is 1.56 bits per heavy atom. The van der Waals surface area contributed by atoms with Crippen molar-refractivity contribution in [2.75, 3.05) is 17.7 Å². The molecule has 1 atom stereocenters. The molecule has 0 aliphatic heterocycles. The van der Waals surface area contributed by atoms with Gasteiger partial charge in [-0.2, -0.15) is 0 Å². The maximum Gasteiger partial charge on any atom is 0.242 e. The first kappa shape index (κ1) is 25.4. The second-order valence-corrected chi connectivity index (χ2v) is 9.62. The lowest BCUT2D eigenvalue weighted by atomic mass is 10.1. The van der Waals surface area contributed by atoms with Gasteiger partial charge in [-0.15, -0.1) is 11.8 Å². The van der Waals surface area contributed by atoms with Gasteiger partial charge in [-0.05, 0) is 65.7 Å². The highest BCUT2D eigenvalue weighted by atomic mass is 35.5. The number of hydrogen-bond donors (Lipinski definition) is 2. The van der Waals surface area contributed by atoms with Crippen molar-refractivity contribution in [2.45, 2.75) is 16.6 Å². The second-order valence-electron chi connectivity index (χ2n) is 8.01. The summed E-state index contributed by atoms with van der Waals surface area (Å²) >= 11 is 7.35. The zero-order valence-electron chi connectivity index (χ0n) is 19.6. The minimum absolute atomic E-state index is 0.128. The molecule has 0 aliphatic carbocycles. The summed E-state index contributed by atoms with van der Waals surface area (Å²) in [4.78, 5) is 26.7. The number of nitrogens with one attached hydrogen (secondary N) is 2. The smallest absolute Gasteiger partial charge is 0.242 e. The molecular formula is C29H25ClN2O3S. The molecule has 0 aliphatic rings. The molecule has 0 spiro atoms. The van der Waals surface area contributed by atoms with E-state index in [1.165, 1.54) is 11.8 Å². The Labute approximate surface area is 219 Å². The molecule has 182 valence electrons. The van der Waals surface area contributed by atoms with Gasteiger partial charge in [0.25, 0.3) is 0 Å². The van der Waals surface area contributed by atoms with Crippen molar-refractivity contribution in [3.05, 3.63) is 119 Å². The number of anilines is 2. The van der Waals surface area contributed by atoms with Gasteiger partial charge < -0.3 is 15.4 Å². The van der Waals surface area contributed by atoms with E-state index in [2.05, 4.69) is 10.6 Å². The molecule has 2 amide bonds. The zero-order valence-corrected chi connectivity index (χ0v) is 21.2. The van der Waals surface area contributed by atoms with E-state index in [0.29, 0.717) is 16.4 Å². The largest absolute Gasteiger partial charge is 0.497 e. The van der Waals surface area contributed by atoms with Gasteiger partial charge >= 0.3 is 0 Å². The minimum atomic E-state index is -0.492. The molecule has 0 fully saturated rings. The van der Waals surface area contributed by atoms with Crippen LogP contribution in [0.25, 0.3) is 0 Å². The maximum atomic E-state index is 13.3. The summed E-state index contributed by atoms with van der Waals surface area (Å²) in [6, 6.07) is 31.5. The molecule has 0 aromatic heterocycles. The predicted octanol–water partition coefficient (Wildman–Crippen LogP) is 7.00. The van der Waals surface area contributed by atoms with Crippen LogP contribution in [0.5, 0.6) is 5.75 Å². The lowest BCUT2D eigenvalue weighted by molar-refractivity contribution is -0.116. The van der Waals surface area contributed by atoms with Gasteiger partial charge in [-0.3, -0.25) is 9.59 Å². The third-order valence-corrected chi connectivity index (χ3v) is 6.85. The number of thioether (sulfide) groups is 1. The lowest BCUT2D eigenvalue weighted by Gasteiger charge is -2.18. The van der Waals surface area contributed by atoms with Crippen LogP contribution in [0, 0.1) is 0 Å². The average molecular weight is 517 g/mol. The van der Waals surface area contributed by atoms with Gasteiger partial charge in [0.05, 0.1) is 13.5 Å². The van der Waals surface area contributed by atoms with Gasteiger partial charge in [0.15, 0.2) is 0 Å². The highest BCUT2D eigenvalue weighted by Crippen LogP contribution is 2.37. The number of hydrogen-bond acceptors (Lipinski definition) is 4.